The van der Waals surface area contributed by atoms with Crippen molar-refractivity contribution in [3.63, 3.8) is 0 Å². The van der Waals surface area contributed by atoms with Gasteiger partial charge < -0.3 is 19.2 Å². The minimum Gasteiger partial charge on any atom is -0.496 e. The van der Waals surface area contributed by atoms with E-state index in [4.69, 9.17) is 9.15 Å². The van der Waals surface area contributed by atoms with Crippen molar-refractivity contribution in [3.05, 3.63) is 59.7 Å². The summed E-state index contributed by atoms with van der Waals surface area (Å²) in [5.41, 5.74) is 1.03. The number of amides is 2. The number of aliphatic hydroxyl groups excluding tert-OH is 1. The number of furan rings is 1. The van der Waals surface area contributed by atoms with Crippen LogP contribution in [-0.4, -0.2) is 54.0 Å². The van der Waals surface area contributed by atoms with E-state index in [1.54, 1.807) is 48.3 Å². The maximum absolute atomic E-state index is 13.1. The Morgan fingerprint density at radius 1 is 1.15 bits per heavy atom. The maximum Gasteiger partial charge on any atom is 0.278 e. The third-order valence-corrected chi connectivity index (χ3v) is 4.23. The number of likely N-dealkylation sites (N-methyl/N-ethyl adjacent to an activating group) is 1. The first-order chi connectivity index (χ1) is 12.6. The van der Waals surface area contributed by atoms with Crippen LogP contribution in [0.25, 0.3) is 5.57 Å². The third kappa shape index (κ3) is 3.09. The minimum atomic E-state index is -0.428. The molecule has 2 heterocycles. The SMILES string of the molecule is COc1ccccc1C1=C(N(C)CCO)C(=O)N(Cc2ccco2)C1=O. The van der Waals surface area contributed by atoms with Gasteiger partial charge in [0, 0.05) is 19.2 Å². The van der Waals surface area contributed by atoms with Crippen LogP contribution in [0.1, 0.15) is 11.3 Å². The van der Waals surface area contributed by atoms with Crippen molar-refractivity contribution < 1.29 is 23.8 Å². The average molecular weight is 356 g/mol. The molecule has 0 spiro atoms. The Bertz CT molecular complexity index is 841. The van der Waals surface area contributed by atoms with Gasteiger partial charge in [-0.1, -0.05) is 18.2 Å². The predicted octanol–water partition coefficient (Wildman–Crippen LogP) is 1.49. The fourth-order valence-corrected chi connectivity index (χ4v) is 2.98. The van der Waals surface area contributed by atoms with E-state index in [9.17, 15) is 14.7 Å². The van der Waals surface area contributed by atoms with E-state index in [-0.39, 0.29) is 31.0 Å². The molecule has 26 heavy (non-hydrogen) atoms. The van der Waals surface area contributed by atoms with Gasteiger partial charge in [0.2, 0.25) is 0 Å². The molecule has 0 aliphatic carbocycles. The normalized spacial score (nSPS) is 14.3. The van der Waals surface area contributed by atoms with Gasteiger partial charge in [-0.05, 0) is 18.2 Å². The van der Waals surface area contributed by atoms with Gasteiger partial charge in [-0.15, -0.1) is 0 Å². The Labute approximate surface area is 151 Å². The van der Waals surface area contributed by atoms with Crippen molar-refractivity contribution in [2.75, 3.05) is 27.3 Å². The van der Waals surface area contributed by atoms with Gasteiger partial charge in [0.1, 0.15) is 17.2 Å². The molecule has 1 aliphatic heterocycles. The van der Waals surface area contributed by atoms with Crippen LogP contribution < -0.4 is 4.74 Å². The Balaban J connectivity index is 2.08. The molecule has 1 aliphatic rings. The summed E-state index contributed by atoms with van der Waals surface area (Å²) in [5.74, 6) is 0.162. The molecule has 2 aromatic rings. The Hall–Kier alpha value is -3.06. The number of carbonyl (C=O) groups is 2. The summed E-state index contributed by atoms with van der Waals surface area (Å²) in [4.78, 5) is 28.8. The fourth-order valence-electron chi connectivity index (χ4n) is 2.98. The molecule has 0 saturated carbocycles. The molecular formula is C19H20N2O5. The first-order valence-corrected chi connectivity index (χ1v) is 8.16. The van der Waals surface area contributed by atoms with Gasteiger partial charge in [-0.3, -0.25) is 14.5 Å². The number of hydrogen-bond donors (Lipinski definition) is 1. The van der Waals surface area contributed by atoms with Crippen LogP contribution in [-0.2, 0) is 16.1 Å². The molecule has 0 fully saturated rings. The second-order valence-corrected chi connectivity index (χ2v) is 5.84. The molecule has 2 amide bonds. The second kappa shape index (κ2) is 7.45. The molecule has 1 aromatic carbocycles. The Morgan fingerprint density at radius 2 is 1.92 bits per heavy atom. The summed E-state index contributed by atoms with van der Waals surface area (Å²) in [6, 6.07) is 10.5. The average Bonchev–Trinajstić information content (AvgIpc) is 3.24. The van der Waals surface area contributed by atoms with Crippen LogP contribution in [0.3, 0.4) is 0 Å². The number of ether oxygens (including phenoxy) is 1. The van der Waals surface area contributed by atoms with E-state index in [0.29, 0.717) is 17.1 Å². The highest BCUT2D eigenvalue weighted by Crippen LogP contribution is 2.36. The lowest BCUT2D eigenvalue weighted by Crippen LogP contribution is -2.34. The molecule has 3 rings (SSSR count). The first kappa shape index (κ1) is 17.8. The van der Waals surface area contributed by atoms with Gasteiger partial charge in [0.05, 0.1) is 32.1 Å². The predicted molar refractivity (Wildman–Crippen MR) is 93.9 cm³/mol. The van der Waals surface area contributed by atoms with Crippen LogP contribution in [0.5, 0.6) is 5.75 Å². The summed E-state index contributed by atoms with van der Waals surface area (Å²) >= 11 is 0. The van der Waals surface area contributed by atoms with Crippen LogP contribution in [0, 0.1) is 0 Å². The molecule has 0 atom stereocenters. The van der Waals surface area contributed by atoms with Crippen LogP contribution >= 0.6 is 0 Å². The number of imide groups is 1. The van der Waals surface area contributed by atoms with Crippen LogP contribution in [0.4, 0.5) is 0 Å². The molecular weight excluding hydrogens is 336 g/mol. The van der Waals surface area contributed by atoms with E-state index in [2.05, 4.69) is 0 Å². The summed E-state index contributed by atoms with van der Waals surface area (Å²) in [6.07, 6.45) is 1.49. The zero-order valence-electron chi connectivity index (χ0n) is 14.6. The second-order valence-electron chi connectivity index (χ2n) is 5.84. The number of methoxy groups -OCH3 is 1. The third-order valence-electron chi connectivity index (χ3n) is 4.23. The first-order valence-electron chi connectivity index (χ1n) is 8.16. The van der Waals surface area contributed by atoms with Gasteiger partial charge in [-0.2, -0.15) is 0 Å². The maximum atomic E-state index is 13.1. The smallest absolute Gasteiger partial charge is 0.278 e. The lowest BCUT2D eigenvalue weighted by Gasteiger charge is -2.20. The summed E-state index contributed by atoms with van der Waals surface area (Å²) in [5, 5.41) is 9.27. The van der Waals surface area contributed by atoms with Gasteiger partial charge in [-0.25, -0.2) is 0 Å². The van der Waals surface area contributed by atoms with E-state index < -0.39 is 11.8 Å². The summed E-state index contributed by atoms with van der Waals surface area (Å²) in [7, 11) is 3.18. The number of hydrogen-bond acceptors (Lipinski definition) is 6. The van der Waals surface area contributed by atoms with Crippen molar-refractivity contribution in [2.45, 2.75) is 6.54 Å². The van der Waals surface area contributed by atoms with Crippen molar-refractivity contribution in [1.82, 2.24) is 9.80 Å². The van der Waals surface area contributed by atoms with Crippen molar-refractivity contribution in [2.24, 2.45) is 0 Å². The molecule has 7 nitrogen and oxygen atoms in total. The number of aliphatic hydroxyl groups is 1. The molecule has 0 bridgehead atoms. The fraction of sp³-hybridized carbons (Fsp3) is 0.263. The van der Waals surface area contributed by atoms with Crippen molar-refractivity contribution in [1.29, 1.82) is 0 Å². The lowest BCUT2D eigenvalue weighted by molar-refractivity contribution is -0.138. The highest BCUT2D eigenvalue weighted by molar-refractivity contribution is 6.35. The Kier molecular flexibility index (Phi) is 5.09. The minimum absolute atomic E-state index is 0.0414. The standard InChI is InChI=1S/C19H20N2O5/c1-20(9-10-22)17-16(14-7-3-4-8-15(14)25-2)18(23)21(19(17)24)12-13-6-5-11-26-13/h3-8,11,22H,9-10,12H2,1-2H3. The molecule has 0 radical (unpaired) electrons. The van der Waals surface area contributed by atoms with Crippen molar-refractivity contribution in [3.8, 4) is 5.75 Å². The topological polar surface area (TPSA) is 83.2 Å². The number of rotatable bonds is 7. The van der Waals surface area contributed by atoms with Gasteiger partial charge in [0.15, 0.2) is 0 Å². The monoisotopic (exact) mass is 356 g/mol. The molecule has 0 saturated heterocycles. The lowest BCUT2D eigenvalue weighted by atomic mass is 10.0. The van der Waals surface area contributed by atoms with Crippen molar-refractivity contribution >= 4 is 17.4 Å². The summed E-state index contributed by atoms with van der Waals surface area (Å²) < 4.78 is 10.6. The van der Waals surface area contributed by atoms with Gasteiger partial charge in [0.25, 0.3) is 11.8 Å². The largest absolute Gasteiger partial charge is 0.496 e. The zero-order valence-corrected chi connectivity index (χ0v) is 14.6. The molecule has 0 unspecified atom stereocenters. The molecule has 1 aromatic heterocycles. The summed E-state index contributed by atoms with van der Waals surface area (Å²) in [6.45, 7) is 0.125. The Morgan fingerprint density at radius 3 is 2.58 bits per heavy atom. The van der Waals surface area contributed by atoms with E-state index in [1.165, 1.54) is 13.4 Å². The number of carbonyl (C=O) groups excluding carboxylic acids is 2. The number of para-hydroxylation sites is 1. The highest BCUT2D eigenvalue weighted by atomic mass is 16.5. The van der Waals surface area contributed by atoms with E-state index in [0.717, 1.165) is 4.90 Å². The quantitative estimate of drug-likeness (QED) is 0.757. The number of benzene rings is 1. The van der Waals surface area contributed by atoms with Crippen LogP contribution in [0.15, 0.2) is 52.8 Å². The highest BCUT2D eigenvalue weighted by Gasteiger charge is 2.41. The van der Waals surface area contributed by atoms with Crippen LogP contribution in [0.2, 0.25) is 0 Å². The molecule has 7 heteroatoms. The molecule has 1 N–H and O–H groups in total. The number of nitrogens with zero attached hydrogens (tertiary/aromatic N) is 2. The van der Waals surface area contributed by atoms with E-state index in [1.807, 2.05) is 0 Å². The van der Waals surface area contributed by atoms with E-state index >= 15 is 0 Å². The van der Waals surface area contributed by atoms with Gasteiger partial charge >= 0.3 is 0 Å². The molecule has 136 valence electrons. The zero-order chi connectivity index (χ0) is 18.7.